The molecule has 0 spiro atoms. The summed E-state index contributed by atoms with van der Waals surface area (Å²) in [5.74, 6) is 0.469. The van der Waals surface area contributed by atoms with Crippen LogP contribution in [0.1, 0.15) is 47.0 Å². The Morgan fingerprint density at radius 3 is 2.14 bits per heavy atom. The van der Waals surface area contributed by atoms with Gasteiger partial charge in [0.25, 0.3) is 0 Å². The van der Waals surface area contributed by atoms with Crippen LogP contribution in [0.2, 0.25) is 0 Å². The molecule has 2 unspecified atom stereocenters. The average molecular weight is 196 g/mol. The number of Topliss-reactive ketones (excluding diaryl/α,β-unsaturated/α-hetero) is 1. The maximum absolute atomic E-state index is 11.6. The van der Waals surface area contributed by atoms with Gasteiger partial charge in [-0.2, -0.15) is 0 Å². The minimum absolute atomic E-state index is 0.0460. The van der Waals surface area contributed by atoms with Gasteiger partial charge in [0.15, 0.2) is 5.78 Å². The molecule has 2 heteroatoms. The van der Waals surface area contributed by atoms with Crippen molar-refractivity contribution in [1.82, 2.24) is 0 Å². The predicted molar refractivity (Wildman–Crippen MR) is 54.9 cm³/mol. The number of fused-ring (bicyclic) bond motifs is 2. The number of hydrogen-bond acceptors (Lipinski definition) is 2. The minimum atomic E-state index is -1.06. The zero-order chi connectivity index (χ0) is 10.8. The fourth-order valence-corrected chi connectivity index (χ4v) is 3.81. The summed E-state index contributed by atoms with van der Waals surface area (Å²) in [6.07, 6.45) is 2.83. The lowest BCUT2D eigenvalue weighted by Crippen LogP contribution is -2.51. The van der Waals surface area contributed by atoms with Crippen LogP contribution >= 0.6 is 0 Å². The van der Waals surface area contributed by atoms with Crippen molar-refractivity contribution >= 4 is 5.78 Å². The Morgan fingerprint density at radius 2 is 1.93 bits per heavy atom. The standard InChI is InChI=1S/C12H20O2/c1-8(13)12(14)7-9-5-6-11(12,4)10(9,2)3/h9,14H,5-7H2,1-4H3/t9?,11-,12?/m1/s1. The largest absolute Gasteiger partial charge is 0.381 e. The van der Waals surface area contributed by atoms with Gasteiger partial charge < -0.3 is 5.11 Å². The van der Waals surface area contributed by atoms with E-state index in [0.29, 0.717) is 12.3 Å². The van der Waals surface area contributed by atoms with Crippen molar-refractivity contribution in [3.8, 4) is 0 Å². The highest BCUT2D eigenvalue weighted by Gasteiger charge is 2.70. The number of hydrogen-bond donors (Lipinski definition) is 1. The van der Waals surface area contributed by atoms with Gasteiger partial charge in [0.2, 0.25) is 0 Å². The molecule has 0 aromatic heterocycles. The summed E-state index contributed by atoms with van der Waals surface area (Å²) in [6, 6.07) is 0. The molecule has 0 aromatic carbocycles. The van der Waals surface area contributed by atoms with Crippen molar-refractivity contribution in [2.75, 3.05) is 0 Å². The normalized spacial score (nSPS) is 49.6. The molecule has 2 bridgehead atoms. The highest BCUT2D eigenvalue weighted by atomic mass is 16.3. The molecule has 2 aliphatic rings. The van der Waals surface area contributed by atoms with Gasteiger partial charge in [-0.3, -0.25) is 4.79 Å². The van der Waals surface area contributed by atoms with Gasteiger partial charge in [-0.15, -0.1) is 0 Å². The Balaban J connectivity index is 2.50. The van der Waals surface area contributed by atoms with Crippen molar-refractivity contribution < 1.29 is 9.90 Å². The number of carbonyl (C=O) groups is 1. The third-order valence-corrected chi connectivity index (χ3v) is 5.47. The second kappa shape index (κ2) is 2.41. The number of carbonyl (C=O) groups excluding carboxylic acids is 1. The smallest absolute Gasteiger partial charge is 0.161 e. The molecule has 2 aliphatic carbocycles. The van der Waals surface area contributed by atoms with E-state index in [9.17, 15) is 9.90 Å². The molecule has 0 radical (unpaired) electrons. The van der Waals surface area contributed by atoms with Crippen LogP contribution in [0, 0.1) is 16.7 Å². The average Bonchev–Trinajstić information content (AvgIpc) is 2.36. The molecule has 0 heterocycles. The third-order valence-electron chi connectivity index (χ3n) is 5.47. The van der Waals surface area contributed by atoms with Gasteiger partial charge >= 0.3 is 0 Å². The van der Waals surface area contributed by atoms with Crippen molar-refractivity contribution in [2.24, 2.45) is 16.7 Å². The fourth-order valence-electron chi connectivity index (χ4n) is 3.81. The fraction of sp³-hybridized carbons (Fsp3) is 0.917. The molecule has 3 atom stereocenters. The van der Waals surface area contributed by atoms with Crippen LogP contribution in [0.15, 0.2) is 0 Å². The molecule has 80 valence electrons. The third kappa shape index (κ3) is 0.796. The first-order valence-electron chi connectivity index (χ1n) is 5.49. The molecular formula is C12H20O2. The van der Waals surface area contributed by atoms with Crippen LogP contribution in [0.3, 0.4) is 0 Å². The molecular weight excluding hydrogens is 176 g/mol. The summed E-state index contributed by atoms with van der Waals surface area (Å²) in [5, 5.41) is 10.5. The van der Waals surface area contributed by atoms with Crippen LogP contribution in [0.25, 0.3) is 0 Å². The summed E-state index contributed by atoms with van der Waals surface area (Å²) in [6.45, 7) is 8.01. The van der Waals surface area contributed by atoms with Gasteiger partial charge in [-0.25, -0.2) is 0 Å². The SMILES string of the molecule is CC(=O)C1(O)CC2CC[C@]1(C)C2(C)C. The summed E-state index contributed by atoms with van der Waals surface area (Å²) in [7, 11) is 0. The van der Waals surface area contributed by atoms with Crippen LogP contribution in [0.5, 0.6) is 0 Å². The first-order valence-corrected chi connectivity index (χ1v) is 5.49. The van der Waals surface area contributed by atoms with Gasteiger partial charge in [0, 0.05) is 5.41 Å². The van der Waals surface area contributed by atoms with Crippen LogP contribution in [0.4, 0.5) is 0 Å². The van der Waals surface area contributed by atoms with E-state index in [1.807, 2.05) is 0 Å². The Hall–Kier alpha value is -0.370. The second-order valence-corrected chi connectivity index (χ2v) is 5.91. The molecule has 14 heavy (non-hydrogen) atoms. The van der Waals surface area contributed by atoms with Crippen LogP contribution < -0.4 is 0 Å². The van der Waals surface area contributed by atoms with Crippen molar-refractivity contribution in [3.05, 3.63) is 0 Å². The lowest BCUT2D eigenvalue weighted by atomic mass is 9.63. The zero-order valence-electron chi connectivity index (χ0n) is 9.55. The topological polar surface area (TPSA) is 37.3 Å². The Bertz CT molecular complexity index is 295. The second-order valence-electron chi connectivity index (χ2n) is 5.91. The van der Waals surface area contributed by atoms with E-state index in [4.69, 9.17) is 0 Å². The molecule has 1 N–H and O–H groups in total. The van der Waals surface area contributed by atoms with Crippen molar-refractivity contribution in [1.29, 1.82) is 0 Å². The minimum Gasteiger partial charge on any atom is -0.381 e. The number of aliphatic hydroxyl groups is 1. The van der Waals surface area contributed by atoms with Crippen LogP contribution in [-0.2, 0) is 4.79 Å². The van der Waals surface area contributed by atoms with E-state index >= 15 is 0 Å². The van der Waals surface area contributed by atoms with Gasteiger partial charge in [-0.05, 0) is 37.5 Å². The van der Waals surface area contributed by atoms with Crippen molar-refractivity contribution in [2.45, 2.75) is 52.6 Å². The predicted octanol–water partition coefficient (Wildman–Crippen LogP) is 2.15. The maximum atomic E-state index is 11.6. The Kier molecular flexibility index (Phi) is 1.75. The summed E-state index contributed by atoms with van der Waals surface area (Å²) in [5.41, 5.74) is -1.16. The number of rotatable bonds is 1. The van der Waals surface area contributed by atoms with Gasteiger partial charge in [0.1, 0.15) is 5.60 Å². The molecule has 0 aliphatic heterocycles. The van der Waals surface area contributed by atoms with Gasteiger partial charge in [-0.1, -0.05) is 20.8 Å². The first-order chi connectivity index (χ1) is 6.26. The van der Waals surface area contributed by atoms with E-state index < -0.39 is 5.60 Å². The first kappa shape index (κ1) is 10.2. The summed E-state index contributed by atoms with van der Waals surface area (Å²) in [4.78, 5) is 11.6. The molecule has 2 nitrogen and oxygen atoms in total. The van der Waals surface area contributed by atoms with E-state index in [1.54, 1.807) is 0 Å². The molecule has 0 amide bonds. The number of ketones is 1. The van der Waals surface area contributed by atoms with E-state index in [1.165, 1.54) is 13.3 Å². The summed E-state index contributed by atoms with van der Waals surface area (Å²) < 4.78 is 0. The maximum Gasteiger partial charge on any atom is 0.161 e. The molecule has 0 saturated heterocycles. The quantitative estimate of drug-likeness (QED) is 0.697. The zero-order valence-corrected chi connectivity index (χ0v) is 9.55. The highest BCUT2D eigenvalue weighted by Crippen LogP contribution is 2.69. The summed E-state index contributed by atoms with van der Waals surface area (Å²) >= 11 is 0. The lowest BCUT2D eigenvalue weighted by molar-refractivity contribution is -0.152. The lowest BCUT2D eigenvalue weighted by Gasteiger charge is -2.43. The van der Waals surface area contributed by atoms with Crippen molar-refractivity contribution in [3.63, 3.8) is 0 Å². The van der Waals surface area contributed by atoms with E-state index in [0.717, 1.165) is 6.42 Å². The molecule has 2 saturated carbocycles. The van der Waals surface area contributed by atoms with Gasteiger partial charge in [0.05, 0.1) is 0 Å². The molecule has 2 rings (SSSR count). The molecule has 2 fully saturated rings. The van der Waals surface area contributed by atoms with E-state index in [2.05, 4.69) is 20.8 Å². The van der Waals surface area contributed by atoms with Crippen LogP contribution in [-0.4, -0.2) is 16.5 Å². The Morgan fingerprint density at radius 1 is 1.36 bits per heavy atom. The Labute approximate surface area is 85.7 Å². The highest BCUT2D eigenvalue weighted by molar-refractivity contribution is 5.86. The van der Waals surface area contributed by atoms with E-state index in [-0.39, 0.29) is 16.6 Å². The molecule has 0 aromatic rings. The monoisotopic (exact) mass is 196 g/mol.